The summed E-state index contributed by atoms with van der Waals surface area (Å²) in [7, 11) is 1.85. The first-order chi connectivity index (χ1) is 8.13. The largest absolute Gasteiger partial charge is 0.397 e. The fourth-order valence-electron chi connectivity index (χ4n) is 2.75. The monoisotopic (exact) mass is 235 g/mol. The average Bonchev–Trinajstić information content (AvgIpc) is 2.80. The molecule has 2 aliphatic rings. The van der Waals surface area contributed by atoms with Crippen molar-refractivity contribution in [1.29, 1.82) is 0 Å². The molecule has 0 aliphatic carbocycles. The molecule has 5 heteroatoms. The molecule has 3 rings (SSSR count). The molecule has 2 unspecified atom stereocenters. The standard InChI is InChI=1S/C12H17N3O2/c1-14-5-8(13)4-11(14)12(16)15-6-9-2-3-10(7-15)17-9/h4-5,9-10H,2-3,6-7,13H2,1H3. The summed E-state index contributed by atoms with van der Waals surface area (Å²) >= 11 is 0. The van der Waals surface area contributed by atoms with E-state index in [1.807, 2.05) is 11.9 Å². The molecule has 5 nitrogen and oxygen atoms in total. The molecule has 1 aromatic rings. The van der Waals surface area contributed by atoms with Gasteiger partial charge in [-0.1, -0.05) is 0 Å². The van der Waals surface area contributed by atoms with Crippen LogP contribution in [-0.2, 0) is 11.8 Å². The number of carbonyl (C=O) groups is 1. The molecule has 2 saturated heterocycles. The van der Waals surface area contributed by atoms with Gasteiger partial charge in [0.25, 0.3) is 5.91 Å². The van der Waals surface area contributed by atoms with Gasteiger partial charge in [0.05, 0.1) is 17.9 Å². The molecule has 17 heavy (non-hydrogen) atoms. The highest BCUT2D eigenvalue weighted by atomic mass is 16.5. The van der Waals surface area contributed by atoms with Crippen molar-refractivity contribution in [2.45, 2.75) is 25.0 Å². The molecular formula is C12H17N3O2. The predicted octanol–water partition coefficient (Wildman–Crippen LogP) is 0.611. The number of nitrogen functional groups attached to an aromatic ring is 1. The highest BCUT2D eigenvalue weighted by Gasteiger charge is 2.36. The quantitative estimate of drug-likeness (QED) is 0.776. The Hall–Kier alpha value is -1.49. The molecule has 1 amide bonds. The van der Waals surface area contributed by atoms with E-state index in [-0.39, 0.29) is 18.1 Å². The fraction of sp³-hybridized carbons (Fsp3) is 0.583. The zero-order valence-electron chi connectivity index (χ0n) is 9.93. The molecule has 0 spiro atoms. The maximum atomic E-state index is 12.3. The van der Waals surface area contributed by atoms with Crippen molar-refractivity contribution in [3.05, 3.63) is 18.0 Å². The first-order valence-electron chi connectivity index (χ1n) is 6.00. The second-order valence-electron chi connectivity index (χ2n) is 4.94. The van der Waals surface area contributed by atoms with E-state index in [2.05, 4.69) is 0 Å². The molecule has 0 aromatic carbocycles. The van der Waals surface area contributed by atoms with Gasteiger partial charge in [0.2, 0.25) is 0 Å². The number of ether oxygens (including phenoxy) is 1. The van der Waals surface area contributed by atoms with E-state index in [0.717, 1.165) is 12.8 Å². The zero-order valence-corrected chi connectivity index (χ0v) is 9.93. The van der Waals surface area contributed by atoms with Gasteiger partial charge in [0.1, 0.15) is 5.69 Å². The topological polar surface area (TPSA) is 60.5 Å². The number of rotatable bonds is 1. The number of fused-ring (bicyclic) bond motifs is 2. The number of nitrogens with zero attached hydrogens (tertiary/aromatic N) is 2. The maximum absolute atomic E-state index is 12.3. The number of aromatic nitrogens is 1. The van der Waals surface area contributed by atoms with Gasteiger partial charge in [0.15, 0.2) is 0 Å². The number of hydrogen-bond acceptors (Lipinski definition) is 3. The summed E-state index contributed by atoms with van der Waals surface area (Å²) < 4.78 is 7.51. The Labute approximate surface area is 100 Å². The summed E-state index contributed by atoms with van der Waals surface area (Å²) in [5.74, 6) is 0.0596. The first-order valence-corrected chi connectivity index (χ1v) is 6.00. The number of hydrogen-bond donors (Lipinski definition) is 1. The van der Waals surface area contributed by atoms with E-state index in [1.54, 1.807) is 16.8 Å². The minimum Gasteiger partial charge on any atom is -0.397 e. The number of anilines is 1. The van der Waals surface area contributed by atoms with Gasteiger partial charge < -0.3 is 19.9 Å². The Morgan fingerprint density at radius 3 is 2.59 bits per heavy atom. The third kappa shape index (κ3) is 1.80. The summed E-state index contributed by atoms with van der Waals surface area (Å²) in [6.45, 7) is 1.42. The molecule has 1 aromatic heterocycles. The van der Waals surface area contributed by atoms with E-state index in [0.29, 0.717) is 24.5 Å². The van der Waals surface area contributed by atoms with E-state index in [1.165, 1.54) is 0 Å². The lowest BCUT2D eigenvalue weighted by molar-refractivity contribution is -0.0306. The highest BCUT2D eigenvalue weighted by Crippen LogP contribution is 2.27. The van der Waals surface area contributed by atoms with Crippen molar-refractivity contribution in [3.63, 3.8) is 0 Å². The van der Waals surface area contributed by atoms with Gasteiger partial charge in [-0.15, -0.1) is 0 Å². The summed E-state index contributed by atoms with van der Waals surface area (Å²) in [5, 5.41) is 0. The molecule has 3 heterocycles. The predicted molar refractivity (Wildman–Crippen MR) is 63.6 cm³/mol. The lowest BCUT2D eigenvalue weighted by atomic mass is 10.2. The van der Waals surface area contributed by atoms with E-state index in [9.17, 15) is 4.79 Å². The van der Waals surface area contributed by atoms with Crippen LogP contribution in [0.25, 0.3) is 0 Å². The minimum absolute atomic E-state index is 0.0596. The van der Waals surface area contributed by atoms with Crippen molar-refractivity contribution in [2.75, 3.05) is 18.8 Å². The van der Waals surface area contributed by atoms with Crippen molar-refractivity contribution in [3.8, 4) is 0 Å². The van der Waals surface area contributed by atoms with Crippen LogP contribution in [0, 0.1) is 0 Å². The second-order valence-corrected chi connectivity index (χ2v) is 4.94. The van der Waals surface area contributed by atoms with Gasteiger partial charge in [-0.3, -0.25) is 4.79 Å². The molecule has 2 fully saturated rings. The normalized spacial score (nSPS) is 27.5. The summed E-state index contributed by atoms with van der Waals surface area (Å²) in [5.41, 5.74) is 6.99. The van der Waals surface area contributed by atoms with Crippen LogP contribution in [0.3, 0.4) is 0 Å². The van der Waals surface area contributed by atoms with Crippen LogP contribution >= 0.6 is 0 Å². The minimum atomic E-state index is 0.0596. The molecule has 2 aliphatic heterocycles. The zero-order chi connectivity index (χ0) is 12.0. The molecule has 2 atom stereocenters. The lowest BCUT2D eigenvalue weighted by Gasteiger charge is -2.32. The first kappa shape index (κ1) is 10.7. The van der Waals surface area contributed by atoms with Gasteiger partial charge in [-0.2, -0.15) is 0 Å². The number of amides is 1. The third-order valence-corrected chi connectivity index (χ3v) is 3.58. The van der Waals surface area contributed by atoms with Crippen LogP contribution in [0.2, 0.25) is 0 Å². The van der Waals surface area contributed by atoms with E-state index in [4.69, 9.17) is 10.5 Å². The lowest BCUT2D eigenvalue weighted by Crippen LogP contribution is -2.46. The van der Waals surface area contributed by atoms with Crippen molar-refractivity contribution >= 4 is 11.6 Å². The summed E-state index contributed by atoms with van der Waals surface area (Å²) in [6.07, 6.45) is 4.38. The number of nitrogens with two attached hydrogens (primary N) is 1. The van der Waals surface area contributed by atoms with Gasteiger partial charge in [-0.25, -0.2) is 0 Å². The second kappa shape index (κ2) is 3.77. The molecular weight excluding hydrogens is 218 g/mol. The highest BCUT2D eigenvalue weighted by molar-refractivity contribution is 5.94. The van der Waals surface area contributed by atoms with E-state index < -0.39 is 0 Å². The van der Waals surface area contributed by atoms with Crippen molar-refractivity contribution in [1.82, 2.24) is 9.47 Å². The molecule has 92 valence electrons. The van der Waals surface area contributed by atoms with E-state index >= 15 is 0 Å². The number of morpholine rings is 1. The van der Waals surface area contributed by atoms with Crippen molar-refractivity contribution in [2.24, 2.45) is 7.05 Å². The van der Waals surface area contributed by atoms with Gasteiger partial charge >= 0.3 is 0 Å². The number of likely N-dealkylation sites (tertiary alicyclic amines) is 1. The van der Waals surface area contributed by atoms with Crippen LogP contribution in [0.4, 0.5) is 5.69 Å². The SMILES string of the molecule is Cn1cc(N)cc1C(=O)N1CC2CCC(C1)O2. The van der Waals surface area contributed by atoms with Crippen LogP contribution in [0.15, 0.2) is 12.3 Å². The Bertz CT molecular complexity index is 443. The smallest absolute Gasteiger partial charge is 0.270 e. The molecule has 0 saturated carbocycles. The fourth-order valence-corrected chi connectivity index (χ4v) is 2.75. The van der Waals surface area contributed by atoms with Gasteiger partial charge in [0, 0.05) is 26.3 Å². The molecule has 0 radical (unpaired) electrons. The molecule has 2 bridgehead atoms. The van der Waals surface area contributed by atoms with Crippen LogP contribution in [-0.4, -0.2) is 40.7 Å². The maximum Gasteiger partial charge on any atom is 0.270 e. The van der Waals surface area contributed by atoms with Crippen LogP contribution < -0.4 is 5.73 Å². The Morgan fingerprint density at radius 1 is 1.41 bits per heavy atom. The third-order valence-electron chi connectivity index (χ3n) is 3.58. The Morgan fingerprint density at radius 2 is 2.06 bits per heavy atom. The van der Waals surface area contributed by atoms with Gasteiger partial charge in [-0.05, 0) is 18.9 Å². The number of aryl methyl sites for hydroxylation is 1. The average molecular weight is 235 g/mol. The Balaban J connectivity index is 1.80. The number of carbonyl (C=O) groups excluding carboxylic acids is 1. The van der Waals surface area contributed by atoms with Crippen LogP contribution in [0.1, 0.15) is 23.3 Å². The van der Waals surface area contributed by atoms with Crippen LogP contribution in [0.5, 0.6) is 0 Å². The van der Waals surface area contributed by atoms with Crippen molar-refractivity contribution < 1.29 is 9.53 Å². The summed E-state index contributed by atoms with van der Waals surface area (Å²) in [4.78, 5) is 14.2. The molecule has 2 N–H and O–H groups in total. The Kier molecular flexibility index (Phi) is 2.36. The summed E-state index contributed by atoms with van der Waals surface area (Å²) in [6, 6.07) is 1.74.